The number of benzene rings is 5. The summed E-state index contributed by atoms with van der Waals surface area (Å²) in [5, 5.41) is 7.40. The highest BCUT2D eigenvalue weighted by atomic mass is 14.7. The molecule has 5 aromatic carbocycles. The summed E-state index contributed by atoms with van der Waals surface area (Å²) in [5.74, 6) is 0. The highest BCUT2D eigenvalue weighted by Crippen LogP contribution is 2.28. The lowest BCUT2D eigenvalue weighted by molar-refractivity contribution is 1.56. The normalized spacial score (nSPS) is 11.7. The van der Waals surface area contributed by atoms with Crippen molar-refractivity contribution >= 4 is 44.2 Å². The third-order valence-corrected chi connectivity index (χ3v) is 4.89. The van der Waals surface area contributed by atoms with Crippen LogP contribution in [0.15, 0.2) is 102 Å². The van der Waals surface area contributed by atoms with E-state index in [4.69, 9.17) is 4.99 Å². The van der Waals surface area contributed by atoms with E-state index < -0.39 is 0 Å². The standard InChI is InChI=1S/C25H17N/c1-2-8-19-16-22(14-13-18(19)7-1)26-17-25-23-11-5-3-9-20(23)15-21-10-4-6-12-24(21)25/h1-17H. The van der Waals surface area contributed by atoms with Crippen LogP contribution in [0.25, 0.3) is 32.3 Å². The maximum absolute atomic E-state index is 4.80. The second kappa shape index (κ2) is 6.12. The molecule has 0 aliphatic heterocycles. The highest BCUT2D eigenvalue weighted by Gasteiger charge is 2.05. The SMILES string of the molecule is C(=Nc1ccc2ccccc2c1)c1c2ccccc2cc2ccccc12. The van der Waals surface area contributed by atoms with E-state index in [-0.39, 0.29) is 0 Å². The molecule has 0 radical (unpaired) electrons. The number of nitrogens with zero attached hydrogens (tertiary/aromatic N) is 1. The highest BCUT2D eigenvalue weighted by molar-refractivity contribution is 6.13. The molecule has 0 unspecified atom stereocenters. The lowest BCUT2D eigenvalue weighted by Crippen LogP contribution is -1.88. The molecule has 0 aliphatic carbocycles. The van der Waals surface area contributed by atoms with Crippen molar-refractivity contribution in [3.8, 4) is 0 Å². The van der Waals surface area contributed by atoms with Crippen LogP contribution < -0.4 is 0 Å². The van der Waals surface area contributed by atoms with Gasteiger partial charge in [0, 0.05) is 11.8 Å². The predicted octanol–water partition coefficient (Wildman–Crippen LogP) is 6.90. The lowest BCUT2D eigenvalue weighted by Gasteiger charge is -2.08. The zero-order valence-corrected chi connectivity index (χ0v) is 14.3. The quantitative estimate of drug-likeness (QED) is 0.246. The summed E-state index contributed by atoms with van der Waals surface area (Å²) in [6, 6.07) is 34.0. The zero-order chi connectivity index (χ0) is 17.3. The van der Waals surface area contributed by atoms with Crippen LogP contribution >= 0.6 is 0 Å². The van der Waals surface area contributed by atoms with Gasteiger partial charge in [0.05, 0.1) is 5.69 Å². The molecule has 26 heavy (non-hydrogen) atoms. The Morgan fingerprint density at radius 3 is 1.77 bits per heavy atom. The summed E-state index contributed by atoms with van der Waals surface area (Å²) in [6.07, 6.45) is 2.01. The van der Waals surface area contributed by atoms with Crippen molar-refractivity contribution in [2.45, 2.75) is 0 Å². The summed E-state index contributed by atoms with van der Waals surface area (Å²) in [7, 11) is 0. The molecule has 0 bridgehead atoms. The van der Waals surface area contributed by atoms with Gasteiger partial charge in [-0.3, -0.25) is 4.99 Å². The Morgan fingerprint density at radius 2 is 1.08 bits per heavy atom. The molecule has 5 rings (SSSR count). The molecule has 0 amide bonds. The smallest absolute Gasteiger partial charge is 0.0636 e. The van der Waals surface area contributed by atoms with Gasteiger partial charge < -0.3 is 0 Å². The fourth-order valence-corrected chi connectivity index (χ4v) is 3.58. The van der Waals surface area contributed by atoms with Crippen LogP contribution in [-0.4, -0.2) is 6.21 Å². The molecule has 0 aliphatic rings. The van der Waals surface area contributed by atoms with Crippen molar-refractivity contribution in [3.63, 3.8) is 0 Å². The summed E-state index contributed by atoms with van der Waals surface area (Å²) in [5.41, 5.74) is 2.15. The van der Waals surface area contributed by atoms with Crippen molar-refractivity contribution in [3.05, 3.63) is 103 Å². The van der Waals surface area contributed by atoms with E-state index in [0.717, 1.165) is 5.69 Å². The first kappa shape index (κ1) is 14.9. The van der Waals surface area contributed by atoms with E-state index in [9.17, 15) is 0 Å². The van der Waals surface area contributed by atoms with Crippen LogP contribution in [-0.2, 0) is 0 Å². The Labute approximate surface area is 152 Å². The van der Waals surface area contributed by atoms with E-state index in [1.54, 1.807) is 0 Å². The van der Waals surface area contributed by atoms with E-state index >= 15 is 0 Å². The van der Waals surface area contributed by atoms with Crippen molar-refractivity contribution in [2.75, 3.05) is 0 Å². The largest absolute Gasteiger partial charge is 0.256 e. The van der Waals surface area contributed by atoms with Gasteiger partial charge in [0.15, 0.2) is 0 Å². The van der Waals surface area contributed by atoms with E-state index in [1.807, 2.05) is 6.21 Å². The van der Waals surface area contributed by atoms with Crippen LogP contribution in [0.4, 0.5) is 5.69 Å². The second-order valence-corrected chi connectivity index (χ2v) is 6.52. The molecule has 1 heteroatoms. The first-order valence-electron chi connectivity index (χ1n) is 8.82. The van der Waals surface area contributed by atoms with E-state index in [1.165, 1.54) is 37.9 Å². The van der Waals surface area contributed by atoms with Crippen molar-refractivity contribution in [1.29, 1.82) is 0 Å². The average Bonchev–Trinajstić information content (AvgIpc) is 2.71. The maximum atomic E-state index is 4.80. The summed E-state index contributed by atoms with van der Waals surface area (Å²) >= 11 is 0. The minimum Gasteiger partial charge on any atom is -0.256 e. The van der Waals surface area contributed by atoms with Crippen LogP contribution in [0.1, 0.15) is 5.56 Å². The summed E-state index contributed by atoms with van der Waals surface area (Å²) < 4.78 is 0. The Balaban J connectivity index is 1.70. The molecule has 0 aromatic heterocycles. The number of aliphatic imine (C=N–C) groups is 1. The maximum Gasteiger partial charge on any atom is 0.0636 e. The van der Waals surface area contributed by atoms with Gasteiger partial charge in [-0.2, -0.15) is 0 Å². The molecule has 0 atom stereocenters. The Morgan fingerprint density at radius 1 is 0.500 bits per heavy atom. The van der Waals surface area contributed by atoms with Gasteiger partial charge in [-0.1, -0.05) is 78.9 Å². The van der Waals surface area contributed by atoms with E-state index in [2.05, 4.69) is 97.1 Å². The van der Waals surface area contributed by atoms with Gasteiger partial charge in [-0.25, -0.2) is 0 Å². The predicted molar refractivity (Wildman–Crippen MR) is 113 cm³/mol. The molecular formula is C25H17N. The van der Waals surface area contributed by atoms with Gasteiger partial charge in [-0.15, -0.1) is 0 Å². The third-order valence-electron chi connectivity index (χ3n) is 4.89. The van der Waals surface area contributed by atoms with Crippen LogP contribution in [0.2, 0.25) is 0 Å². The fraction of sp³-hybridized carbons (Fsp3) is 0. The minimum absolute atomic E-state index is 0.973. The Hall–Kier alpha value is -3.45. The zero-order valence-electron chi connectivity index (χ0n) is 14.3. The molecular weight excluding hydrogens is 314 g/mol. The minimum atomic E-state index is 0.973. The second-order valence-electron chi connectivity index (χ2n) is 6.52. The number of rotatable bonds is 2. The van der Waals surface area contributed by atoms with E-state index in [0.29, 0.717) is 0 Å². The molecule has 0 saturated carbocycles. The molecule has 0 fully saturated rings. The van der Waals surface area contributed by atoms with Gasteiger partial charge in [0.1, 0.15) is 0 Å². The summed E-state index contributed by atoms with van der Waals surface area (Å²) in [4.78, 5) is 4.80. The molecule has 0 saturated heterocycles. The van der Waals surface area contributed by atoms with Gasteiger partial charge in [0.2, 0.25) is 0 Å². The number of hydrogen-bond acceptors (Lipinski definition) is 1. The average molecular weight is 331 g/mol. The monoisotopic (exact) mass is 331 g/mol. The van der Waals surface area contributed by atoms with Gasteiger partial charge in [-0.05, 0) is 50.5 Å². The van der Waals surface area contributed by atoms with Crippen molar-refractivity contribution in [1.82, 2.24) is 0 Å². The first-order valence-corrected chi connectivity index (χ1v) is 8.82. The molecule has 5 aromatic rings. The van der Waals surface area contributed by atoms with Gasteiger partial charge in [0.25, 0.3) is 0 Å². The van der Waals surface area contributed by atoms with Crippen LogP contribution in [0.5, 0.6) is 0 Å². The Kier molecular flexibility index (Phi) is 3.50. The number of hydrogen-bond donors (Lipinski definition) is 0. The third kappa shape index (κ3) is 2.55. The molecule has 122 valence electrons. The first-order chi connectivity index (χ1) is 12.9. The molecule has 0 heterocycles. The molecule has 0 spiro atoms. The topological polar surface area (TPSA) is 12.4 Å². The van der Waals surface area contributed by atoms with Crippen molar-refractivity contribution < 1.29 is 0 Å². The van der Waals surface area contributed by atoms with Crippen LogP contribution in [0, 0.1) is 0 Å². The molecule has 1 nitrogen and oxygen atoms in total. The van der Waals surface area contributed by atoms with Crippen LogP contribution in [0.3, 0.4) is 0 Å². The fourth-order valence-electron chi connectivity index (χ4n) is 3.58. The number of fused-ring (bicyclic) bond motifs is 3. The molecule has 0 N–H and O–H groups in total. The Bertz CT molecular complexity index is 1230. The van der Waals surface area contributed by atoms with Crippen molar-refractivity contribution in [2.24, 2.45) is 4.99 Å². The summed E-state index contributed by atoms with van der Waals surface area (Å²) in [6.45, 7) is 0. The lowest BCUT2D eigenvalue weighted by atomic mass is 9.97. The van der Waals surface area contributed by atoms with Gasteiger partial charge >= 0.3 is 0 Å².